The number of hydrogen-bond acceptors (Lipinski definition) is 7. The number of aromatic amines is 1. The van der Waals surface area contributed by atoms with E-state index in [1.807, 2.05) is 4.90 Å². The van der Waals surface area contributed by atoms with E-state index in [9.17, 15) is 17.6 Å². The lowest BCUT2D eigenvalue weighted by Gasteiger charge is -2.27. The van der Waals surface area contributed by atoms with Gasteiger partial charge in [0.15, 0.2) is 17.3 Å². The molecule has 33 heavy (non-hydrogen) atoms. The van der Waals surface area contributed by atoms with Crippen LogP contribution in [0, 0.1) is 11.6 Å². The topological polar surface area (TPSA) is 96.3 Å². The van der Waals surface area contributed by atoms with Crippen molar-refractivity contribution in [3.8, 4) is 0 Å². The maximum atomic E-state index is 14.0. The van der Waals surface area contributed by atoms with Crippen molar-refractivity contribution in [1.82, 2.24) is 29.5 Å². The molecule has 1 atom stereocenters. The van der Waals surface area contributed by atoms with Crippen molar-refractivity contribution < 1.29 is 22.3 Å². The van der Waals surface area contributed by atoms with Crippen molar-refractivity contribution in [2.45, 2.75) is 24.8 Å². The molecule has 0 spiro atoms. The second kappa shape index (κ2) is 7.27. The van der Waals surface area contributed by atoms with Crippen LogP contribution in [0.3, 0.4) is 0 Å². The first kappa shape index (κ1) is 20.1. The van der Waals surface area contributed by atoms with Crippen LogP contribution in [0.2, 0.25) is 0 Å². The average Bonchev–Trinajstić information content (AvgIpc) is 3.16. The number of benzene rings is 1. The van der Waals surface area contributed by atoms with Gasteiger partial charge in [0.1, 0.15) is 11.3 Å². The number of aromatic nitrogens is 6. The maximum absolute atomic E-state index is 14.0. The minimum Gasteiger partial charge on any atom is -0.378 e. The maximum Gasteiger partial charge on any atom is 0.256 e. The molecule has 2 fully saturated rings. The van der Waals surface area contributed by atoms with Crippen molar-refractivity contribution in [3.05, 3.63) is 41.4 Å². The summed E-state index contributed by atoms with van der Waals surface area (Å²) in [7, 11) is 0. The smallest absolute Gasteiger partial charge is 0.256 e. The fourth-order valence-electron chi connectivity index (χ4n) is 4.01. The molecule has 1 aliphatic carbocycles. The molecule has 6 rings (SSSR count). The van der Waals surface area contributed by atoms with Crippen molar-refractivity contribution in [2.75, 3.05) is 36.5 Å². The molecule has 1 aromatic carbocycles. The van der Waals surface area contributed by atoms with Gasteiger partial charge < -0.3 is 19.9 Å². The number of morpholine rings is 1. The summed E-state index contributed by atoms with van der Waals surface area (Å²) in [4.78, 5) is 18.0. The summed E-state index contributed by atoms with van der Waals surface area (Å²) in [5.41, 5.74) is 0.908. The van der Waals surface area contributed by atoms with Gasteiger partial charge in [0.2, 0.25) is 11.9 Å². The molecule has 1 aliphatic heterocycles. The number of anilines is 2. The molecule has 1 unspecified atom stereocenters. The molecule has 0 amide bonds. The highest BCUT2D eigenvalue weighted by atomic mass is 19.3. The van der Waals surface area contributed by atoms with Gasteiger partial charge in [0, 0.05) is 25.1 Å². The molecular weight excluding hydrogens is 444 g/mol. The number of rotatable bonds is 5. The molecule has 3 aromatic heterocycles. The van der Waals surface area contributed by atoms with Gasteiger partial charge in [-0.2, -0.15) is 19.6 Å². The minimum absolute atomic E-state index is 0.0825. The van der Waals surface area contributed by atoms with Crippen LogP contribution in [0.5, 0.6) is 0 Å². The number of nitrogens with zero attached hydrogens (tertiary/aromatic N) is 6. The number of H-pyrrole nitrogens is 1. The predicted molar refractivity (Wildman–Crippen MR) is 109 cm³/mol. The molecule has 2 aliphatic rings. The van der Waals surface area contributed by atoms with E-state index < -0.39 is 23.5 Å². The molecule has 0 radical (unpaired) electrons. The van der Waals surface area contributed by atoms with E-state index >= 15 is 0 Å². The van der Waals surface area contributed by atoms with Gasteiger partial charge in [-0.25, -0.2) is 22.5 Å². The Labute approximate surface area is 183 Å². The molecule has 1 saturated heterocycles. The summed E-state index contributed by atoms with van der Waals surface area (Å²) >= 11 is 0. The van der Waals surface area contributed by atoms with E-state index in [2.05, 4.69) is 30.4 Å². The quantitative estimate of drug-likeness (QED) is 0.441. The van der Waals surface area contributed by atoms with Crippen LogP contribution in [-0.4, -0.2) is 61.8 Å². The average molecular weight is 462 g/mol. The summed E-state index contributed by atoms with van der Waals surface area (Å²) in [5.74, 6) is -4.73. The zero-order valence-corrected chi connectivity index (χ0v) is 17.2. The predicted octanol–water partition coefficient (Wildman–Crippen LogP) is 2.85. The Morgan fingerprint density at radius 1 is 1.15 bits per heavy atom. The molecule has 13 heteroatoms. The molecule has 2 N–H and O–H groups in total. The van der Waals surface area contributed by atoms with E-state index in [4.69, 9.17) is 4.74 Å². The van der Waals surface area contributed by atoms with E-state index in [0.717, 1.165) is 6.07 Å². The Kier molecular flexibility index (Phi) is 4.44. The third-order valence-corrected chi connectivity index (χ3v) is 5.89. The Morgan fingerprint density at radius 2 is 1.94 bits per heavy atom. The van der Waals surface area contributed by atoms with Gasteiger partial charge in [-0.3, -0.25) is 0 Å². The fraction of sp³-hybridized carbons (Fsp3) is 0.400. The molecular formula is C20H18F4N8O. The van der Waals surface area contributed by atoms with Gasteiger partial charge >= 0.3 is 0 Å². The van der Waals surface area contributed by atoms with Gasteiger partial charge in [-0.05, 0) is 12.1 Å². The highest BCUT2D eigenvalue weighted by Gasteiger charge is 2.59. The van der Waals surface area contributed by atoms with Crippen molar-refractivity contribution in [1.29, 1.82) is 0 Å². The second-order valence-corrected chi connectivity index (χ2v) is 8.09. The normalized spacial score (nSPS) is 20.0. The summed E-state index contributed by atoms with van der Waals surface area (Å²) in [6.07, 6.45) is 1.15. The largest absolute Gasteiger partial charge is 0.378 e. The number of imidazole rings is 1. The van der Waals surface area contributed by atoms with Crippen LogP contribution < -0.4 is 10.2 Å². The van der Waals surface area contributed by atoms with E-state index in [0.29, 0.717) is 54.8 Å². The minimum atomic E-state index is -2.77. The highest BCUT2D eigenvalue weighted by molar-refractivity contribution is 5.75. The van der Waals surface area contributed by atoms with Crippen molar-refractivity contribution in [3.63, 3.8) is 0 Å². The van der Waals surface area contributed by atoms with Gasteiger partial charge in [0.25, 0.3) is 5.92 Å². The lowest BCUT2D eigenvalue weighted by Crippen LogP contribution is -2.37. The first-order valence-corrected chi connectivity index (χ1v) is 10.4. The number of hydrogen-bond donors (Lipinski definition) is 2. The SMILES string of the molecule is Fc1ccc2[nH]c(CNc3nc(N4CCOCC4)nc4c(C5CC5(F)F)cnn34)nc2c1F. The zero-order valence-electron chi connectivity index (χ0n) is 17.2. The first-order valence-electron chi connectivity index (χ1n) is 10.4. The lowest BCUT2D eigenvalue weighted by molar-refractivity contribution is 0.112. The van der Waals surface area contributed by atoms with Crippen molar-refractivity contribution >= 4 is 28.6 Å². The Morgan fingerprint density at radius 3 is 2.70 bits per heavy atom. The molecule has 9 nitrogen and oxygen atoms in total. The lowest BCUT2D eigenvalue weighted by atomic mass is 10.2. The van der Waals surface area contributed by atoms with Gasteiger partial charge in [-0.15, -0.1) is 0 Å². The van der Waals surface area contributed by atoms with Crippen LogP contribution in [0.15, 0.2) is 18.3 Å². The molecule has 4 aromatic rings. The summed E-state index contributed by atoms with van der Waals surface area (Å²) < 4.78 is 61.8. The third kappa shape index (κ3) is 3.43. The van der Waals surface area contributed by atoms with Crippen LogP contribution in [-0.2, 0) is 11.3 Å². The van der Waals surface area contributed by atoms with E-state index in [1.54, 1.807) is 0 Å². The Hall–Kier alpha value is -3.48. The summed E-state index contributed by atoms with van der Waals surface area (Å²) in [6, 6.07) is 2.42. The first-order chi connectivity index (χ1) is 15.9. The zero-order chi connectivity index (χ0) is 22.7. The number of fused-ring (bicyclic) bond motifs is 2. The highest BCUT2D eigenvalue weighted by Crippen LogP contribution is 2.56. The molecule has 0 bridgehead atoms. The van der Waals surface area contributed by atoms with Gasteiger partial charge in [-0.1, -0.05) is 0 Å². The van der Waals surface area contributed by atoms with Gasteiger partial charge in [0.05, 0.1) is 37.4 Å². The van der Waals surface area contributed by atoms with Crippen LogP contribution in [0.25, 0.3) is 16.7 Å². The number of ether oxygens (including phenoxy) is 1. The number of nitrogens with one attached hydrogen (secondary N) is 2. The summed E-state index contributed by atoms with van der Waals surface area (Å²) in [5, 5.41) is 7.29. The standard InChI is InChI=1S/C20H18F4N8O/c21-12-1-2-13-16(15(12)22)28-14(27-13)9-25-18-30-19(31-3-5-33-6-4-31)29-17-10(8-26-32(17)18)11-7-20(11,23)24/h1-2,8,11H,3-7,9H2,(H,27,28)(H,25,29,30). The summed E-state index contributed by atoms with van der Waals surface area (Å²) in [6.45, 7) is 2.22. The van der Waals surface area contributed by atoms with E-state index in [-0.39, 0.29) is 24.4 Å². The molecule has 172 valence electrons. The second-order valence-electron chi connectivity index (χ2n) is 8.09. The van der Waals surface area contributed by atoms with E-state index in [1.165, 1.54) is 16.8 Å². The fourth-order valence-corrected chi connectivity index (χ4v) is 4.01. The Balaban J connectivity index is 1.36. The third-order valence-electron chi connectivity index (χ3n) is 5.89. The van der Waals surface area contributed by atoms with Crippen LogP contribution in [0.1, 0.15) is 23.7 Å². The monoisotopic (exact) mass is 462 g/mol. The molecule has 4 heterocycles. The molecule has 1 saturated carbocycles. The number of alkyl halides is 2. The van der Waals surface area contributed by atoms with Crippen molar-refractivity contribution in [2.24, 2.45) is 0 Å². The van der Waals surface area contributed by atoms with Crippen LogP contribution >= 0.6 is 0 Å². The number of halogens is 4. The van der Waals surface area contributed by atoms with Crippen LogP contribution in [0.4, 0.5) is 29.5 Å². The Bertz CT molecular complexity index is 1360.